The van der Waals surface area contributed by atoms with Crippen LogP contribution in [0.25, 0.3) is 0 Å². The van der Waals surface area contributed by atoms with Gasteiger partial charge < -0.3 is 24.4 Å². The lowest BCUT2D eigenvalue weighted by Gasteiger charge is -2.29. The van der Waals surface area contributed by atoms with E-state index in [1.165, 1.54) is 18.5 Å². The molecule has 1 saturated heterocycles. The van der Waals surface area contributed by atoms with Crippen LogP contribution in [-0.2, 0) is 9.47 Å². The largest absolute Gasteiger partial charge is 0.488 e. The molecule has 1 aromatic carbocycles. The topological polar surface area (TPSA) is 68.7 Å². The second-order valence-corrected chi connectivity index (χ2v) is 5.47. The smallest absolute Gasteiger partial charge is 0.227 e. The molecule has 1 aromatic heterocycles. The minimum Gasteiger partial charge on any atom is -0.488 e. The number of hydrogen-bond acceptors (Lipinski definition) is 7. The van der Waals surface area contributed by atoms with E-state index in [1.54, 1.807) is 13.2 Å². The molecule has 0 radical (unpaired) electrons. The van der Waals surface area contributed by atoms with Gasteiger partial charge in [0.2, 0.25) is 5.95 Å². The maximum Gasteiger partial charge on any atom is 0.227 e. The first-order valence-electron chi connectivity index (χ1n) is 8.09. The first-order chi connectivity index (χ1) is 12.3. The van der Waals surface area contributed by atoms with Gasteiger partial charge in [-0.05, 0) is 18.2 Å². The van der Waals surface area contributed by atoms with Crippen molar-refractivity contribution in [3.63, 3.8) is 0 Å². The van der Waals surface area contributed by atoms with E-state index < -0.39 is 0 Å². The fraction of sp³-hybridized carbons (Fsp3) is 0.412. The Morgan fingerprint density at radius 1 is 1.20 bits per heavy atom. The number of rotatable bonds is 7. The number of methoxy groups -OCH3 is 1. The van der Waals surface area contributed by atoms with Gasteiger partial charge in [-0.3, -0.25) is 0 Å². The summed E-state index contributed by atoms with van der Waals surface area (Å²) < 4.78 is 30.0. The lowest BCUT2D eigenvalue weighted by Crippen LogP contribution is -2.36. The van der Waals surface area contributed by atoms with Gasteiger partial charge in [0.25, 0.3) is 0 Å². The van der Waals surface area contributed by atoms with Gasteiger partial charge in [-0.2, -0.15) is 0 Å². The molecule has 134 valence electrons. The van der Waals surface area contributed by atoms with Gasteiger partial charge >= 0.3 is 0 Å². The Morgan fingerprint density at radius 2 is 1.96 bits per heavy atom. The fourth-order valence-electron chi connectivity index (χ4n) is 2.44. The number of anilines is 3. The van der Waals surface area contributed by atoms with E-state index in [0.717, 1.165) is 18.8 Å². The van der Waals surface area contributed by atoms with Crippen LogP contribution in [0.15, 0.2) is 30.6 Å². The highest BCUT2D eigenvalue weighted by Gasteiger charge is 2.13. The van der Waals surface area contributed by atoms with Crippen LogP contribution in [0.1, 0.15) is 0 Å². The number of hydrogen-bond donors (Lipinski definition) is 1. The molecule has 0 unspecified atom stereocenters. The monoisotopic (exact) mass is 348 g/mol. The van der Waals surface area contributed by atoms with Crippen LogP contribution in [0.3, 0.4) is 0 Å². The molecule has 0 spiro atoms. The normalized spacial score (nSPS) is 14.4. The summed E-state index contributed by atoms with van der Waals surface area (Å²) in [6.07, 6.45) is 3.07. The molecule has 0 aliphatic carbocycles. The molecule has 1 aliphatic heterocycles. The number of aromatic nitrogens is 2. The molecule has 8 heteroatoms. The molecular formula is C17H21FN4O3. The van der Waals surface area contributed by atoms with Crippen LogP contribution in [0.4, 0.5) is 21.7 Å². The number of benzene rings is 1. The molecule has 0 bridgehead atoms. The molecule has 7 nitrogen and oxygen atoms in total. The second kappa shape index (κ2) is 8.59. The van der Waals surface area contributed by atoms with Crippen molar-refractivity contribution in [2.75, 3.05) is 56.8 Å². The first kappa shape index (κ1) is 17.4. The molecule has 1 aliphatic rings. The Morgan fingerprint density at radius 3 is 2.64 bits per heavy atom. The van der Waals surface area contributed by atoms with Gasteiger partial charge in [-0.25, -0.2) is 14.4 Å². The van der Waals surface area contributed by atoms with Crippen LogP contribution in [0.5, 0.6) is 5.75 Å². The van der Waals surface area contributed by atoms with Gasteiger partial charge in [0, 0.05) is 25.9 Å². The fourth-order valence-corrected chi connectivity index (χ4v) is 2.44. The molecule has 3 rings (SSSR count). The molecule has 0 atom stereocenters. The Balaban J connectivity index is 1.62. The molecule has 25 heavy (non-hydrogen) atoms. The zero-order valence-corrected chi connectivity index (χ0v) is 14.1. The molecule has 0 amide bonds. The summed E-state index contributed by atoms with van der Waals surface area (Å²) in [5.74, 6) is 0.482. The third kappa shape index (κ3) is 4.77. The van der Waals surface area contributed by atoms with Gasteiger partial charge in [-0.1, -0.05) is 0 Å². The van der Waals surface area contributed by atoms with E-state index in [-0.39, 0.29) is 5.82 Å². The standard InChI is InChI=1S/C17H21FN4O3/c1-23-8-9-25-14-11-19-17(20-12-14)21-16-3-2-13(10-15(16)18)22-4-6-24-7-5-22/h2-3,10-12H,4-9H2,1H3,(H,19,20,21). The summed E-state index contributed by atoms with van der Waals surface area (Å²) in [6, 6.07) is 5.07. The van der Waals surface area contributed by atoms with E-state index in [2.05, 4.69) is 20.2 Å². The highest BCUT2D eigenvalue weighted by molar-refractivity contribution is 5.60. The summed E-state index contributed by atoms with van der Waals surface area (Å²) in [5.41, 5.74) is 1.17. The van der Waals surface area contributed by atoms with E-state index in [9.17, 15) is 4.39 Å². The Bertz CT molecular complexity index is 678. The molecular weight excluding hydrogens is 327 g/mol. The van der Waals surface area contributed by atoms with Crippen molar-refractivity contribution in [1.82, 2.24) is 9.97 Å². The van der Waals surface area contributed by atoms with E-state index in [1.807, 2.05) is 6.07 Å². The molecule has 0 saturated carbocycles. The number of ether oxygens (including phenoxy) is 3. The van der Waals surface area contributed by atoms with E-state index in [4.69, 9.17) is 14.2 Å². The summed E-state index contributed by atoms with van der Waals surface area (Å²) in [5, 5.41) is 2.88. The number of nitrogens with one attached hydrogen (secondary N) is 1. The van der Waals surface area contributed by atoms with Gasteiger partial charge in [0.05, 0.1) is 37.9 Å². The summed E-state index contributed by atoms with van der Waals surface area (Å²) in [7, 11) is 1.60. The Hall–Kier alpha value is -2.45. The molecule has 1 fully saturated rings. The van der Waals surface area contributed by atoms with Crippen LogP contribution < -0.4 is 15.0 Å². The maximum absolute atomic E-state index is 14.4. The predicted octanol–water partition coefficient (Wildman–Crippen LogP) is 2.22. The highest BCUT2D eigenvalue weighted by Crippen LogP contribution is 2.24. The molecule has 2 heterocycles. The van der Waals surface area contributed by atoms with Crippen molar-refractivity contribution >= 4 is 17.3 Å². The van der Waals surface area contributed by atoms with Gasteiger partial charge in [-0.15, -0.1) is 0 Å². The van der Waals surface area contributed by atoms with Crippen molar-refractivity contribution < 1.29 is 18.6 Å². The van der Waals surface area contributed by atoms with Crippen LogP contribution in [-0.4, -0.2) is 56.6 Å². The zero-order chi connectivity index (χ0) is 17.5. The minimum absolute atomic E-state index is 0.303. The SMILES string of the molecule is COCCOc1cnc(Nc2ccc(N3CCOCC3)cc2F)nc1. The number of morpholine rings is 1. The van der Waals surface area contributed by atoms with E-state index in [0.29, 0.717) is 43.8 Å². The minimum atomic E-state index is -0.354. The lowest BCUT2D eigenvalue weighted by molar-refractivity contribution is 0.122. The third-order valence-electron chi connectivity index (χ3n) is 3.76. The van der Waals surface area contributed by atoms with Crippen LogP contribution in [0.2, 0.25) is 0 Å². The average Bonchev–Trinajstić information content (AvgIpc) is 2.66. The van der Waals surface area contributed by atoms with Crippen LogP contribution in [0, 0.1) is 5.82 Å². The highest BCUT2D eigenvalue weighted by atomic mass is 19.1. The van der Waals surface area contributed by atoms with Crippen LogP contribution >= 0.6 is 0 Å². The molecule has 2 aromatic rings. The van der Waals surface area contributed by atoms with Crippen molar-refractivity contribution in [1.29, 1.82) is 0 Å². The van der Waals surface area contributed by atoms with Crippen molar-refractivity contribution in [3.8, 4) is 5.75 Å². The lowest BCUT2D eigenvalue weighted by atomic mass is 10.2. The second-order valence-electron chi connectivity index (χ2n) is 5.47. The van der Waals surface area contributed by atoms with Crippen molar-refractivity contribution in [3.05, 3.63) is 36.4 Å². The average molecular weight is 348 g/mol. The van der Waals surface area contributed by atoms with Gasteiger partial charge in [0.15, 0.2) is 5.75 Å². The van der Waals surface area contributed by atoms with Gasteiger partial charge in [0.1, 0.15) is 12.4 Å². The van der Waals surface area contributed by atoms with Crippen molar-refractivity contribution in [2.45, 2.75) is 0 Å². The maximum atomic E-state index is 14.4. The molecule has 1 N–H and O–H groups in total. The number of nitrogens with zero attached hydrogens (tertiary/aromatic N) is 3. The Labute approximate surface area is 145 Å². The summed E-state index contributed by atoms with van der Waals surface area (Å²) in [6.45, 7) is 3.76. The number of halogens is 1. The first-order valence-corrected chi connectivity index (χ1v) is 8.09. The van der Waals surface area contributed by atoms with E-state index >= 15 is 0 Å². The third-order valence-corrected chi connectivity index (χ3v) is 3.76. The van der Waals surface area contributed by atoms with Crippen molar-refractivity contribution in [2.24, 2.45) is 0 Å². The predicted molar refractivity (Wildman–Crippen MR) is 92.1 cm³/mol. The quantitative estimate of drug-likeness (QED) is 0.770. The zero-order valence-electron chi connectivity index (χ0n) is 14.1. The summed E-state index contributed by atoms with van der Waals surface area (Å²) in [4.78, 5) is 10.3. The summed E-state index contributed by atoms with van der Waals surface area (Å²) >= 11 is 0. The Kier molecular flexibility index (Phi) is 5.97.